The number of nitrogens with zero attached hydrogens (tertiary/aromatic N) is 2. The van der Waals surface area contributed by atoms with Gasteiger partial charge in [-0.3, -0.25) is 0 Å². The summed E-state index contributed by atoms with van der Waals surface area (Å²) in [6, 6.07) is 0. The van der Waals surface area contributed by atoms with Gasteiger partial charge in [0, 0.05) is 13.0 Å². The summed E-state index contributed by atoms with van der Waals surface area (Å²) in [6.45, 7) is 1.77. The van der Waals surface area contributed by atoms with Crippen molar-refractivity contribution in [1.29, 1.82) is 0 Å². The fourth-order valence-electron chi connectivity index (χ4n) is 2.50. The van der Waals surface area contributed by atoms with E-state index in [1.807, 2.05) is 0 Å². The molecule has 1 aliphatic carbocycles. The van der Waals surface area contributed by atoms with E-state index in [4.69, 9.17) is 5.11 Å². The molecule has 0 amide bonds. The molecule has 1 heterocycles. The summed E-state index contributed by atoms with van der Waals surface area (Å²) in [4.78, 5) is 15.4. The lowest BCUT2D eigenvalue weighted by molar-refractivity contribution is 0.0685. The van der Waals surface area contributed by atoms with E-state index in [2.05, 4.69) is 4.98 Å². The molecule has 0 aromatic carbocycles. The van der Waals surface area contributed by atoms with Crippen molar-refractivity contribution in [3.63, 3.8) is 0 Å². The van der Waals surface area contributed by atoms with Crippen LogP contribution in [0.3, 0.4) is 0 Å². The highest BCUT2D eigenvalue weighted by Gasteiger charge is 2.25. The Hall–Kier alpha value is -1.32. The van der Waals surface area contributed by atoms with E-state index in [-0.39, 0.29) is 0 Å². The first-order chi connectivity index (χ1) is 7.11. The van der Waals surface area contributed by atoms with Crippen LogP contribution in [-0.2, 0) is 7.05 Å². The Bertz CT molecular complexity index is 390. The number of imidazole rings is 1. The second-order valence-electron chi connectivity index (χ2n) is 4.25. The average Bonchev–Trinajstić information content (AvgIpc) is 2.72. The average molecular weight is 208 g/mol. The maximum Gasteiger partial charge on any atom is 0.354 e. The van der Waals surface area contributed by atoms with Gasteiger partial charge in [0.15, 0.2) is 0 Å². The predicted octanol–water partition coefficient (Wildman–Crippen LogP) is 2.08. The minimum absolute atomic E-state index is 0.330. The Kier molecular flexibility index (Phi) is 2.50. The summed E-state index contributed by atoms with van der Waals surface area (Å²) >= 11 is 0. The van der Waals surface area contributed by atoms with Crippen molar-refractivity contribution in [3.05, 3.63) is 17.2 Å². The zero-order valence-corrected chi connectivity index (χ0v) is 9.16. The lowest BCUT2D eigenvalue weighted by Crippen LogP contribution is -2.09. The third-order valence-corrected chi connectivity index (χ3v) is 3.23. The maximum absolute atomic E-state index is 11.0. The van der Waals surface area contributed by atoms with E-state index in [9.17, 15) is 4.79 Å². The Morgan fingerprint density at radius 2 is 2.07 bits per heavy atom. The number of hydrogen-bond donors (Lipinski definition) is 1. The zero-order chi connectivity index (χ0) is 11.0. The highest BCUT2D eigenvalue weighted by molar-refractivity contribution is 5.87. The van der Waals surface area contributed by atoms with Crippen molar-refractivity contribution in [3.8, 4) is 0 Å². The number of carboxylic acids is 1. The molecular weight excluding hydrogens is 192 g/mol. The minimum atomic E-state index is -0.883. The molecule has 0 radical (unpaired) electrons. The third-order valence-electron chi connectivity index (χ3n) is 3.23. The van der Waals surface area contributed by atoms with Gasteiger partial charge in [-0.15, -0.1) is 0 Å². The van der Waals surface area contributed by atoms with Crippen molar-refractivity contribution in [2.45, 2.75) is 38.5 Å². The van der Waals surface area contributed by atoms with Crippen LogP contribution in [0.25, 0.3) is 0 Å². The first-order valence-electron chi connectivity index (χ1n) is 5.37. The van der Waals surface area contributed by atoms with E-state index in [1.165, 1.54) is 12.8 Å². The number of aryl methyl sites for hydroxylation is 1. The Morgan fingerprint density at radius 1 is 1.47 bits per heavy atom. The van der Waals surface area contributed by atoms with Crippen LogP contribution in [0, 0.1) is 6.92 Å². The van der Waals surface area contributed by atoms with Crippen LogP contribution in [0.5, 0.6) is 0 Å². The second-order valence-corrected chi connectivity index (χ2v) is 4.25. The predicted molar refractivity (Wildman–Crippen MR) is 56.1 cm³/mol. The largest absolute Gasteiger partial charge is 0.477 e. The van der Waals surface area contributed by atoms with Gasteiger partial charge in [0.1, 0.15) is 11.5 Å². The van der Waals surface area contributed by atoms with Crippen molar-refractivity contribution in [1.82, 2.24) is 9.55 Å². The fraction of sp³-hybridized carbons (Fsp3) is 0.636. The lowest BCUT2D eigenvalue weighted by atomic mass is 10.1. The van der Waals surface area contributed by atoms with Gasteiger partial charge in [0.25, 0.3) is 0 Å². The van der Waals surface area contributed by atoms with E-state index in [1.54, 1.807) is 18.5 Å². The molecule has 1 aromatic heterocycles. The molecule has 0 bridgehead atoms. The maximum atomic E-state index is 11.0. The van der Waals surface area contributed by atoms with Crippen LogP contribution < -0.4 is 0 Å². The van der Waals surface area contributed by atoms with Crippen LogP contribution >= 0.6 is 0 Å². The third kappa shape index (κ3) is 1.64. The Morgan fingerprint density at radius 3 is 2.53 bits per heavy atom. The van der Waals surface area contributed by atoms with Crippen molar-refractivity contribution in [2.75, 3.05) is 0 Å². The Labute approximate surface area is 88.9 Å². The molecule has 15 heavy (non-hydrogen) atoms. The van der Waals surface area contributed by atoms with Gasteiger partial charge in [-0.25, -0.2) is 9.78 Å². The molecule has 1 aromatic rings. The molecular formula is C11H16N2O2. The van der Waals surface area contributed by atoms with E-state index >= 15 is 0 Å². The molecule has 0 spiro atoms. The Balaban J connectivity index is 2.40. The van der Waals surface area contributed by atoms with Gasteiger partial charge in [0.05, 0.1) is 5.69 Å². The lowest BCUT2D eigenvalue weighted by Gasteiger charge is -2.09. The van der Waals surface area contributed by atoms with Gasteiger partial charge in [-0.1, -0.05) is 12.8 Å². The van der Waals surface area contributed by atoms with Gasteiger partial charge < -0.3 is 9.67 Å². The van der Waals surface area contributed by atoms with Gasteiger partial charge >= 0.3 is 5.97 Å². The molecule has 4 nitrogen and oxygen atoms in total. The van der Waals surface area contributed by atoms with Gasteiger partial charge in [0.2, 0.25) is 0 Å². The quantitative estimate of drug-likeness (QED) is 0.809. The highest BCUT2D eigenvalue weighted by Crippen LogP contribution is 2.33. The minimum Gasteiger partial charge on any atom is -0.477 e. The zero-order valence-electron chi connectivity index (χ0n) is 9.16. The number of aromatic carboxylic acids is 1. The summed E-state index contributed by atoms with van der Waals surface area (Å²) in [7, 11) is 1.80. The molecule has 1 saturated carbocycles. The SMILES string of the molecule is Cc1nc(C2CCCC2)n(C)c1C(=O)O. The van der Waals surface area contributed by atoms with Crippen LogP contribution in [-0.4, -0.2) is 20.6 Å². The highest BCUT2D eigenvalue weighted by atomic mass is 16.4. The molecule has 4 heteroatoms. The molecule has 1 fully saturated rings. The van der Waals surface area contributed by atoms with E-state index in [0.29, 0.717) is 17.3 Å². The summed E-state index contributed by atoms with van der Waals surface area (Å²) in [5, 5.41) is 9.04. The number of aromatic nitrogens is 2. The van der Waals surface area contributed by atoms with Gasteiger partial charge in [-0.05, 0) is 19.8 Å². The topological polar surface area (TPSA) is 55.1 Å². The molecule has 0 saturated heterocycles. The number of hydrogen-bond acceptors (Lipinski definition) is 2. The van der Waals surface area contributed by atoms with Gasteiger partial charge in [-0.2, -0.15) is 0 Å². The van der Waals surface area contributed by atoms with Crippen molar-refractivity contribution < 1.29 is 9.90 Å². The summed E-state index contributed by atoms with van der Waals surface area (Å²) in [5.74, 6) is 0.524. The molecule has 1 aliphatic rings. The first-order valence-corrected chi connectivity index (χ1v) is 5.37. The normalized spacial score (nSPS) is 17.2. The monoisotopic (exact) mass is 208 g/mol. The first kappa shape index (κ1) is 10.2. The molecule has 0 atom stereocenters. The molecule has 1 N–H and O–H groups in total. The van der Waals surface area contributed by atoms with Crippen molar-refractivity contribution >= 4 is 5.97 Å². The van der Waals surface area contributed by atoms with Crippen LogP contribution in [0.2, 0.25) is 0 Å². The summed E-state index contributed by atoms with van der Waals surface area (Å²) in [6.07, 6.45) is 4.75. The fourth-order valence-corrected chi connectivity index (χ4v) is 2.50. The van der Waals surface area contributed by atoms with E-state index in [0.717, 1.165) is 18.7 Å². The molecule has 0 unspecified atom stereocenters. The van der Waals surface area contributed by atoms with Crippen LogP contribution in [0.1, 0.15) is 53.6 Å². The summed E-state index contributed by atoms with van der Waals surface area (Å²) < 4.78 is 1.74. The van der Waals surface area contributed by atoms with Crippen molar-refractivity contribution in [2.24, 2.45) is 7.05 Å². The smallest absolute Gasteiger partial charge is 0.354 e. The number of carbonyl (C=O) groups is 1. The van der Waals surface area contributed by atoms with E-state index < -0.39 is 5.97 Å². The molecule has 0 aliphatic heterocycles. The number of carboxylic acid groups (broad SMARTS) is 1. The summed E-state index contributed by atoms with van der Waals surface area (Å²) in [5.41, 5.74) is 0.962. The van der Waals surface area contributed by atoms with Crippen LogP contribution in [0.4, 0.5) is 0 Å². The molecule has 82 valence electrons. The number of rotatable bonds is 2. The standard InChI is InChI=1S/C11H16N2O2/c1-7-9(11(14)15)13(2)10(12-7)8-5-3-4-6-8/h8H,3-6H2,1-2H3,(H,14,15). The van der Waals surface area contributed by atoms with Crippen LogP contribution in [0.15, 0.2) is 0 Å². The molecule has 2 rings (SSSR count). The second kappa shape index (κ2) is 3.68.